The molecule has 1 amide bonds. The van der Waals surface area contributed by atoms with Crippen LogP contribution in [0.15, 0.2) is 58.6 Å². The number of rotatable bonds is 4. The Bertz CT molecular complexity index is 806. The normalized spacial score (nSPS) is 16.3. The lowest BCUT2D eigenvalue weighted by Crippen LogP contribution is -2.23. The first-order chi connectivity index (χ1) is 11.7. The van der Waals surface area contributed by atoms with Gasteiger partial charge >= 0.3 is 0 Å². The van der Waals surface area contributed by atoms with Gasteiger partial charge in [0.25, 0.3) is 5.91 Å². The average Bonchev–Trinajstić information content (AvgIpc) is 2.94. The molecule has 2 aromatic carbocycles. The van der Waals surface area contributed by atoms with E-state index in [1.165, 1.54) is 36.2 Å². The quantitative estimate of drug-likeness (QED) is 0.868. The van der Waals surface area contributed by atoms with Crippen LogP contribution in [0.4, 0.5) is 5.69 Å². The van der Waals surface area contributed by atoms with Crippen LogP contribution >= 0.6 is 11.8 Å². The summed E-state index contributed by atoms with van der Waals surface area (Å²) in [4.78, 5) is 16.5. The molecule has 7 heteroatoms. The topological polar surface area (TPSA) is 74.5 Å². The number of aliphatic imine (C=N–C) groups is 1. The molecule has 1 fully saturated rings. The fourth-order valence-electron chi connectivity index (χ4n) is 2.07. The second-order valence-corrected chi connectivity index (χ2v) is 5.84. The fourth-order valence-corrected chi connectivity index (χ4v) is 2.89. The number of carbonyl (C=O) groups excluding carboxylic acids is 1. The van der Waals surface area contributed by atoms with Crippen LogP contribution in [-0.2, 0) is 4.79 Å². The van der Waals surface area contributed by atoms with Gasteiger partial charge in [0.2, 0.25) is 0 Å². The number of methoxy groups -OCH3 is 1. The molecule has 0 atom stereocenters. The smallest absolute Gasteiger partial charge is 0.259 e. The Morgan fingerprint density at radius 2 is 2.04 bits per heavy atom. The first-order valence-electron chi connectivity index (χ1n) is 7.18. The lowest BCUT2D eigenvalue weighted by atomic mass is 10.2. The minimum absolute atomic E-state index is 0.0155. The number of amides is 1. The van der Waals surface area contributed by atoms with E-state index in [-0.39, 0.29) is 11.7 Å². The maximum Gasteiger partial charge on any atom is 0.259 e. The van der Waals surface area contributed by atoms with Gasteiger partial charge in [-0.25, -0.2) is 4.99 Å². The maximum absolute atomic E-state index is 12.0. The van der Waals surface area contributed by atoms with Crippen molar-refractivity contribution in [2.24, 2.45) is 10.1 Å². The summed E-state index contributed by atoms with van der Waals surface area (Å²) in [5, 5.41) is 15.8. The van der Waals surface area contributed by atoms with Gasteiger partial charge in [-0.05, 0) is 35.9 Å². The molecule has 1 heterocycles. The monoisotopic (exact) mass is 341 g/mol. The van der Waals surface area contributed by atoms with Crippen LogP contribution in [0.2, 0.25) is 0 Å². The van der Waals surface area contributed by atoms with Gasteiger partial charge in [-0.2, -0.15) is 10.1 Å². The van der Waals surface area contributed by atoms with Crippen LogP contribution in [0, 0.1) is 0 Å². The number of hydrogen-bond acceptors (Lipinski definition) is 6. The molecule has 24 heavy (non-hydrogen) atoms. The Morgan fingerprint density at radius 3 is 2.75 bits per heavy atom. The molecule has 1 aliphatic rings. The standard InChI is InChI=1S/C17H15N3O3S/c1-23-15-8-7-12(9-14(15)21)10-18-20-16(22)11-24-17(20)19-13-5-3-2-4-6-13/h2-10,21H,11H2,1H3. The summed E-state index contributed by atoms with van der Waals surface area (Å²) in [5.74, 6) is 0.563. The van der Waals surface area contributed by atoms with Gasteiger partial charge in [0.1, 0.15) is 0 Å². The Morgan fingerprint density at radius 1 is 1.25 bits per heavy atom. The molecular formula is C17H15N3O3S. The van der Waals surface area contributed by atoms with E-state index >= 15 is 0 Å². The molecular weight excluding hydrogens is 326 g/mol. The second-order valence-electron chi connectivity index (χ2n) is 4.90. The molecule has 3 rings (SSSR count). The number of aromatic hydroxyl groups is 1. The van der Waals surface area contributed by atoms with E-state index < -0.39 is 0 Å². The zero-order valence-corrected chi connectivity index (χ0v) is 13.7. The van der Waals surface area contributed by atoms with E-state index in [2.05, 4.69) is 10.1 Å². The lowest BCUT2D eigenvalue weighted by Gasteiger charge is -2.09. The maximum atomic E-state index is 12.0. The van der Waals surface area contributed by atoms with Crippen LogP contribution in [0.25, 0.3) is 0 Å². The predicted octanol–water partition coefficient (Wildman–Crippen LogP) is 3.00. The molecule has 0 radical (unpaired) electrons. The minimum atomic E-state index is -0.135. The van der Waals surface area contributed by atoms with Crippen LogP contribution in [0.1, 0.15) is 5.56 Å². The summed E-state index contributed by atoms with van der Waals surface area (Å²) in [7, 11) is 1.48. The SMILES string of the molecule is COc1ccc(C=NN2C(=O)CSC2=Nc2ccccc2)cc1O. The first kappa shape index (κ1) is 16.1. The zero-order valence-electron chi connectivity index (χ0n) is 12.9. The molecule has 1 saturated heterocycles. The number of para-hydroxylation sites is 1. The Kier molecular flexibility index (Phi) is 4.81. The zero-order chi connectivity index (χ0) is 16.9. The van der Waals surface area contributed by atoms with Crippen LogP contribution in [0.5, 0.6) is 11.5 Å². The third kappa shape index (κ3) is 3.57. The molecule has 0 aliphatic carbocycles. The Balaban J connectivity index is 1.82. The van der Waals surface area contributed by atoms with Crippen molar-refractivity contribution in [1.29, 1.82) is 0 Å². The average molecular weight is 341 g/mol. The van der Waals surface area contributed by atoms with Crippen molar-refractivity contribution in [2.45, 2.75) is 0 Å². The lowest BCUT2D eigenvalue weighted by molar-refractivity contribution is -0.124. The molecule has 0 spiro atoms. The third-order valence-electron chi connectivity index (χ3n) is 3.25. The van der Waals surface area contributed by atoms with Gasteiger partial charge in [0.15, 0.2) is 16.7 Å². The highest BCUT2D eigenvalue weighted by Crippen LogP contribution is 2.26. The molecule has 0 aromatic heterocycles. The summed E-state index contributed by atoms with van der Waals surface area (Å²) >= 11 is 1.34. The molecule has 122 valence electrons. The number of hydrogen-bond donors (Lipinski definition) is 1. The van der Waals surface area contributed by atoms with Crippen molar-refractivity contribution in [3.8, 4) is 11.5 Å². The Labute approximate surface area is 143 Å². The van der Waals surface area contributed by atoms with E-state index in [4.69, 9.17) is 4.74 Å². The summed E-state index contributed by atoms with van der Waals surface area (Å²) in [6.07, 6.45) is 1.50. The van der Waals surface area contributed by atoms with Gasteiger partial charge in [-0.1, -0.05) is 30.0 Å². The van der Waals surface area contributed by atoms with Crippen molar-refractivity contribution in [2.75, 3.05) is 12.9 Å². The minimum Gasteiger partial charge on any atom is -0.504 e. The number of carbonyl (C=O) groups is 1. The predicted molar refractivity (Wildman–Crippen MR) is 95.1 cm³/mol. The number of thioether (sulfide) groups is 1. The molecule has 1 aliphatic heterocycles. The summed E-state index contributed by atoms with van der Waals surface area (Å²) in [6, 6.07) is 14.3. The number of benzene rings is 2. The molecule has 0 unspecified atom stereocenters. The number of ether oxygens (including phenoxy) is 1. The van der Waals surface area contributed by atoms with E-state index in [1.807, 2.05) is 30.3 Å². The van der Waals surface area contributed by atoms with Crippen molar-refractivity contribution in [1.82, 2.24) is 5.01 Å². The second kappa shape index (κ2) is 7.18. The highest BCUT2D eigenvalue weighted by Gasteiger charge is 2.28. The summed E-state index contributed by atoms with van der Waals surface area (Å²) in [6.45, 7) is 0. The van der Waals surface area contributed by atoms with Gasteiger partial charge in [-0.15, -0.1) is 0 Å². The number of hydrazone groups is 1. The highest BCUT2D eigenvalue weighted by atomic mass is 32.2. The van der Waals surface area contributed by atoms with Gasteiger partial charge in [-0.3, -0.25) is 4.79 Å². The van der Waals surface area contributed by atoms with Crippen molar-refractivity contribution < 1.29 is 14.6 Å². The fraction of sp³-hybridized carbons (Fsp3) is 0.118. The van der Waals surface area contributed by atoms with Crippen LogP contribution in [0.3, 0.4) is 0 Å². The van der Waals surface area contributed by atoms with Crippen molar-refractivity contribution in [3.05, 3.63) is 54.1 Å². The van der Waals surface area contributed by atoms with Crippen LogP contribution < -0.4 is 4.74 Å². The number of amidine groups is 1. The molecule has 1 N–H and O–H groups in total. The van der Waals surface area contributed by atoms with Crippen molar-refractivity contribution >= 4 is 34.7 Å². The molecule has 6 nitrogen and oxygen atoms in total. The summed E-state index contributed by atoms with van der Waals surface area (Å²) < 4.78 is 5.00. The number of phenols is 1. The van der Waals surface area contributed by atoms with Crippen LogP contribution in [-0.4, -0.2) is 40.3 Å². The number of phenolic OH excluding ortho intramolecular Hbond substituents is 1. The van der Waals surface area contributed by atoms with Crippen molar-refractivity contribution in [3.63, 3.8) is 0 Å². The van der Waals surface area contributed by atoms with E-state index in [0.717, 1.165) is 5.69 Å². The number of nitrogens with zero attached hydrogens (tertiary/aromatic N) is 3. The highest BCUT2D eigenvalue weighted by molar-refractivity contribution is 8.15. The van der Waals surface area contributed by atoms with E-state index in [0.29, 0.717) is 22.2 Å². The van der Waals surface area contributed by atoms with Gasteiger partial charge < -0.3 is 9.84 Å². The Hall–Kier alpha value is -2.80. The summed E-state index contributed by atoms with van der Waals surface area (Å²) in [5.41, 5.74) is 1.41. The van der Waals surface area contributed by atoms with Gasteiger partial charge in [0, 0.05) is 0 Å². The molecule has 2 aromatic rings. The van der Waals surface area contributed by atoms with E-state index in [9.17, 15) is 9.90 Å². The molecule has 0 bridgehead atoms. The van der Waals surface area contributed by atoms with Gasteiger partial charge in [0.05, 0.1) is 24.8 Å². The van der Waals surface area contributed by atoms with E-state index in [1.54, 1.807) is 12.1 Å². The first-order valence-corrected chi connectivity index (χ1v) is 8.16. The molecule has 0 saturated carbocycles. The largest absolute Gasteiger partial charge is 0.504 e. The third-order valence-corrected chi connectivity index (χ3v) is 4.16.